The number of aromatic nitrogens is 1. The Bertz CT molecular complexity index is 1100. The predicted octanol–water partition coefficient (Wildman–Crippen LogP) is 2.60. The fourth-order valence-electron chi connectivity index (χ4n) is 2.62. The quantitative estimate of drug-likeness (QED) is 0.631. The maximum Gasteiger partial charge on any atom is 0.308 e. The first kappa shape index (κ1) is 20.0. The first-order chi connectivity index (χ1) is 12.8. The highest BCUT2D eigenvalue weighted by Crippen LogP contribution is 2.22. The summed E-state index contributed by atoms with van der Waals surface area (Å²) in [4.78, 5) is 14.3. The van der Waals surface area contributed by atoms with Gasteiger partial charge in [0.1, 0.15) is 0 Å². The SMILES string of the molecule is CN(C)CCNS(=O)(=O)c1ccc2c(c1)sc(=O)n2Cc1ccc(Cl)cc1. The minimum absolute atomic E-state index is 0.130. The van der Waals surface area contributed by atoms with Crippen LogP contribution in [0.15, 0.2) is 52.2 Å². The van der Waals surface area contributed by atoms with Crippen LogP contribution in [0.4, 0.5) is 0 Å². The van der Waals surface area contributed by atoms with Gasteiger partial charge in [-0.25, -0.2) is 13.1 Å². The smallest absolute Gasteiger partial charge is 0.308 e. The average molecular weight is 426 g/mol. The Kier molecular flexibility index (Phi) is 6.02. The van der Waals surface area contributed by atoms with Crippen LogP contribution in [0, 0.1) is 0 Å². The zero-order chi connectivity index (χ0) is 19.6. The van der Waals surface area contributed by atoms with E-state index in [-0.39, 0.29) is 9.77 Å². The number of sulfonamides is 1. The molecule has 0 aliphatic rings. The fraction of sp³-hybridized carbons (Fsp3) is 0.278. The number of fused-ring (bicyclic) bond motifs is 1. The van der Waals surface area contributed by atoms with Crippen molar-refractivity contribution in [3.63, 3.8) is 0 Å². The summed E-state index contributed by atoms with van der Waals surface area (Å²) >= 11 is 6.94. The van der Waals surface area contributed by atoms with Gasteiger partial charge in [0.25, 0.3) is 0 Å². The van der Waals surface area contributed by atoms with E-state index in [0.717, 1.165) is 16.9 Å². The molecule has 0 radical (unpaired) electrons. The van der Waals surface area contributed by atoms with Gasteiger partial charge in [-0.3, -0.25) is 9.36 Å². The van der Waals surface area contributed by atoms with E-state index in [9.17, 15) is 13.2 Å². The molecule has 2 aromatic carbocycles. The van der Waals surface area contributed by atoms with Gasteiger partial charge in [-0.05, 0) is 50.0 Å². The molecule has 27 heavy (non-hydrogen) atoms. The number of benzene rings is 2. The van der Waals surface area contributed by atoms with Crippen LogP contribution in [0.25, 0.3) is 10.2 Å². The monoisotopic (exact) mass is 425 g/mol. The fourth-order valence-corrected chi connectivity index (χ4v) is 4.80. The number of thiazole rings is 1. The molecule has 3 aromatic rings. The Hall–Kier alpha value is -1.71. The van der Waals surface area contributed by atoms with Gasteiger partial charge in [-0.15, -0.1) is 0 Å². The largest absolute Gasteiger partial charge is 0.308 e. The van der Waals surface area contributed by atoms with Crippen LogP contribution in [-0.4, -0.2) is 45.1 Å². The molecular formula is C18H20ClN3O3S2. The summed E-state index contributed by atoms with van der Waals surface area (Å²) in [6.07, 6.45) is 0. The summed E-state index contributed by atoms with van der Waals surface area (Å²) in [6, 6.07) is 12.1. The second kappa shape index (κ2) is 8.12. The molecule has 1 N–H and O–H groups in total. The van der Waals surface area contributed by atoms with Crippen molar-refractivity contribution in [1.29, 1.82) is 0 Å². The van der Waals surface area contributed by atoms with E-state index in [0.29, 0.717) is 34.9 Å². The van der Waals surface area contributed by atoms with E-state index in [1.54, 1.807) is 28.8 Å². The lowest BCUT2D eigenvalue weighted by atomic mass is 10.2. The topological polar surface area (TPSA) is 71.4 Å². The van der Waals surface area contributed by atoms with Crippen molar-refractivity contribution in [3.8, 4) is 0 Å². The van der Waals surface area contributed by atoms with Gasteiger partial charge in [0.05, 0.1) is 21.7 Å². The van der Waals surface area contributed by atoms with Gasteiger partial charge < -0.3 is 4.90 Å². The molecule has 0 saturated carbocycles. The highest BCUT2D eigenvalue weighted by atomic mass is 35.5. The number of nitrogens with zero attached hydrogens (tertiary/aromatic N) is 2. The Balaban J connectivity index is 1.89. The van der Waals surface area contributed by atoms with Crippen LogP contribution < -0.4 is 9.60 Å². The Morgan fingerprint density at radius 1 is 1.15 bits per heavy atom. The standard InChI is InChI=1S/C18H20ClN3O3S2/c1-21(2)10-9-20-27(24,25)15-7-8-16-17(11-15)26-18(23)22(16)12-13-3-5-14(19)6-4-13/h3-8,11,20H,9-10,12H2,1-2H3. The maximum atomic E-state index is 12.4. The van der Waals surface area contributed by atoms with Gasteiger partial charge >= 0.3 is 4.87 Å². The maximum absolute atomic E-state index is 12.4. The molecule has 1 heterocycles. The third-order valence-corrected chi connectivity index (χ3v) is 6.71. The van der Waals surface area contributed by atoms with E-state index >= 15 is 0 Å². The number of likely N-dealkylation sites (N-methyl/N-ethyl adjacent to an activating group) is 1. The Labute approximate surface area is 167 Å². The number of rotatable bonds is 7. The van der Waals surface area contributed by atoms with Gasteiger partial charge in [-0.2, -0.15) is 0 Å². The normalized spacial score (nSPS) is 12.1. The summed E-state index contributed by atoms with van der Waals surface area (Å²) in [5.74, 6) is 0. The Morgan fingerprint density at radius 2 is 1.85 bits per heavy atom. The minimum Gasteiger partial charge on any atom is -0.308 e. The lowest BCUT2D eigenvalue weighted by Crippen LogP contribution is -2.31. The highest BCUT2D eigenvalue weighted by molar-refractivity contribution is 7.89. The Morgan fingerprint density at radius 3 is 2.52 bits per heavy atom. The molecule has 0 fully saturated rings. The summed E-state index contributed by atoms with van der Waals surface area (Å²) in [5.41, 5.74) is 1.66. The second-order valence-corrected chi connectivity index (χ2v) is 9.61. The van der Waals surface area contributed by atoms with Crippen molar-refractivity contribution in [2.24, 2.45) is 0 Å². The van der Waals surface area contributed by atoms with Crippen LogP contribution >= 0.6 is 22.9 Å². The van der Waals surface area contributed by atoms with E-state index in [2.05, 4.69) is 4.72 Å². The third kappa shape index (κ3) is 4.77. The van der Waals surface area contributed by atoms with E-state index in [1.165, 1.54) is 6.07 Å². The molecule has 0 amide bonds. The molecule has 0 atom stereocenters. The molecule has 9 heteroatoms. The third-order valence-electron chi connectivity index (χ3n) is 4.06. The minimum atomic E-state index is -3.61. The van der Waals surface area contributed by atoms with Crippen molar-refractivity contribution in [3.05, 3.63) is 62.7 Å². The number of halogens is 1. The second-order valence-electron chi connectivity index (χ2n) is 6.41. The molecule has 0 unspecified atom stereocenters. The zero-order valence-corrected chi connectivity index (χ0v) is 17.4. The van der Waals surface area contributed by atoms with Gasteiger partial charge in [0.2, 0.25) is 10.0 Å². The van der Waals surface area contributed by atoms with Crippen LogP contribution in [0.5, 0.6) is 0 Å². The van der Waals surface area contributed by atoms with E-state index < -0.39 is 10.0 Å². The molecule has 6 nitrogen and oxygen atoms in total. The average Bonchev–Trinajstić information content (AvgIpc) is 2.91. The zero-order valence-electron chi connectivity index (χ0n) is 15.0. The molecule has 1 aromatic heterocycles. The summed E-state index contributed by atoms with van der Waals surface area (Å²) in [7, 11) is 0.142. The molecule has 144 valence electrons. The molecule has 0 spiro atoms. The molecule has 3 rings (SSSR count). The van der Waals surface area contributed by atoms with Crippen molar-refractivity contribution in [2.45, 2.75) is 11.4 Å². The number of hydrogen-bond acceptors (Lipinski definition) is 5. The summed E-state index contributed by atoms with van der Waals surface area (Å²) in [6.45, 7) is 1.33. The first-order valence-corrected chi connectivity index (χ1v) is 11.0. The van der Waals surface area contributed by atoms with E-state index in [1.807, 2.05) is 31.1 Å². The van der Waals surface area contributed by atoms with E-state index in [4.69, 9.17) is 11.6 Å². The number of hydrogen-bond donors (Lipinski definition) is 1. The van der Waals surface area contributed by atoms with Gasteiger partial charge in [-0.1, -0.05) is 35.1 Å². The van der Waals surface area contributed by atoms with Crippen molar-refractivity contribution in [1.82, 2.24) is 14.2 Å². The highest BCUT2D eigenvalue weighted by Gasteiger charge is 2.16. The van der Waals surface area contributed by atoms with Crippen LogP contribution in [-0.2, 0) is 16.6 Å². The van der Waals surface area contributed by atoms with Gasteiger partial charge in [0, 0.05) is 18.1 Å². The lowest BCUT2D eigenvalue weighted by molar-refractivity contribution is 0.412. The molecule has 0 bridgehead atoms. The van der Waals surface area contributed by atoms with Crippen molar-refractivity contribution in [2.75, 3.05) is 27.2 Å². The lowest BCUT2D eigenvalue weighted by Gasteiger charge is -2.11. The summed E-state index contributed by atoms with van der Waals surface area (Å²) in [5, 5.41) is 0.637. The predicted molar refractivity (Wildman–Crippen MR) is 110 cm³/mol. The van der Waals surface area contributed by atoms with Crippen LogP contribution in [0.3, 0.4) is 0 Å². The molecule has 0 aliphatic carbocycles. The molecular weight excluding hydrogens is 406 g/mol. The molecule has 0 saturated heterocycles. The van der Waals surface area contributed by atoms with Gasteiger partial charge in [0.15, 0.2) is 0 Å². The molecule has 0 aliphatic heterocycles. The van der Waals surface area contributed by atoms with Crippen LogP contribution in [0.1, 0.15) is 5.56 Å². The van der Waals surface area contributed by atoms with Crippen molar-refractivity contribution >= 4 is 43.2 Å². The summed E-state index contributed by atoms with van der Waals surface area (Å²) < 4.78 is 29.8. The van der Waals surface area contributed by atoms with Crippen LogP contribution in [0.2, 0.25) is 5.02 Å². The van der Waals surface area contributed by atoms with Crippen molar-refractivity contribution < 1.29 is 8.42 Å². The number of nitrogens with one attached hydrogen (secondary N) is 1. The first-order valence-electron chi connectivity index (χ1n) is 8.28.